The summed E-state index contributed by atoms with van der Waals surface area (Å²) in [6, 6.07) is 15.3. The second-order valence-corrected chi connectivity index (χ2v) is 7.78. The molecule has 0 saturated heterocycles. The van der Waals surface area contributed by atoms with Crippen molar-refractivity contribution < 1.29 is 27.2 Å². The predicted octanol–water partition coefficient (Wildman–Crippen LogP) is 5.86. The molecule has 2 heterocycles. The van der Waals surface area contributed by atoms with Crippen molar-refractivity contribution in [2.75, 3.05) is 10.6 Å². The normalized spacial score (nSPS) is 11.2. The van der Waals surface area contributed by atoms with E-state index in [1.807, 2.05) is 30.3 Å². The summed E-state index contributed by atoms with van der Waals surface area (Å²) in [6.45, 7) is 0. The molecule has 0 aliphatic rings. The largest absolute Gasteiger partial charge is 0.459 e. The number of nitrogens with zero attached hydrogens (tertiary/aromatic N) is 1. The molecule has 4 aromatic rings. The van der Waals surface area contributed by atoms with Crippen LogP contribution in [0.25, 0.3) is 10.6 Å². The lowest BCUT2D eigenvalue weighted by Crippen LogP contribution is -2.19. The van der Waals surface area contributed by atoms with Crippen LogP contribution in [0, 0.1) is 0 Å². The van der Waals surface area contributed by atoms with Gasteiger partial charge in [-0.25, -0.2) is 4.98 Å². The Morgan fingerprint density at radius 2 is 1.79 bits per heavy atom. The fourth-order valence-electron chi connectivity index (χ4n) is 3.03. The Morgan fingerprint density at radius 1 is 1.00 bits per heavy atom. The van der Waals surface area contributed by atoms with E-state index in [1.165, 1.54) is 35.8 Å². The van der Waals surface area contributed by atoms with Crippen molar-refractivity contribution in [2.24, 2.45) is 0 Å². The number of benzene rings is 2. The summed E-state index contributed by atoms with van der Waals surface area (Å²) in [7, 11) is 0. The van der Waals surface area contributed by atoms with E-state index in [9.17, 15) is 22.8 Å². The molecule has 2 amide bonds. The van der Waals surface area contributed by atoms with Gasteiger partial charge in [-0.3, -0.25) is 9.59 Å². The van der Waals surface area contributed by atoms with Crippen LogP contribution >= 0.6 is 11.3 Å². The maximum Gasteiger partial charge on any atom is 0.418 e. The van der Waals surface area contributed by atoms with E-state index in [4.69, 9.17) is 4.42 Å². The maximum absolute atomic E-state index is 13.6. The summed E-state index contributed by atoms with van der Waals surface area (Å²) >= 11 is 1.35. The minimum Gasteiger partial charge on any atom is -0.459 e. The molecule has 0 radical (unpaired) electrons. The van der Waals surface area contributed by atoms with Crippen molar-refractivity contribution >= 4 is 34.5 Å². The number of carbonyl (C=O) groups is 2. The minimum absolute atomic E-state index is 0.0425. The molecule has 10 heteroatoms. The van der Waals surface area contributed by atoms with Gasteiger partial charge >= 0.3 is 6.18 Å². The van der Waals surface area contributed by atoms with Crippen LogP contribution in [0.3, 0.4) is 0 Å². The monoisotopic (exact) mass is 471 g/mol. The van der Waals surface area contributed by atoms with Crippen molar-refractivity contribution in [3.8, 4) is 10.6 Å². The van der Waals surface area contributed by atoms with Gasteiger partial charge in [-0.05, 0) is 30.3 Å². The molecule has 168 valence electrons. The number of aromatic nitrogens is 1. The number of anilines is 2. The number of halogens is 3. The van der Waals surface area contributed by atoms with Gasteiger partial charge < -0.3 is 15.1 Å². The number of nitrogens with one attached hydrogen (secondary N) is 2. The average molecular weight is 471 g/mol. The summed E-state index contributed by atoms with van der Waals surface area (Å²) in [4.78, 5) is 28.9. The first kappa shape index (κ1) is 22.3. The van der Waals surface area contributed by atoms with Crippen LogP contribution in [0.5, 0.6) is 0 Å². The van der Waals surface area contributed by atoms with E-state index in [1.54, 1.807) is 5.38 Å². The first-order valence-corrected chi connectivity index (χ1v) is 10.5. The zero-order valence-electron chi connectivity index (χ0n) is 16.8. The predicted molar refractivity (Wildman–Crippen MR) is 118 cm³/mol. The van der Waals surface area contributed by atoms with E-state index < -0.39 is 29.2 Å². The lowest BCUT2D eigenvalue weighted by Gasteiger charge is -2.15. The summed E-state index contributed by atoms with van der Waals surface area (Å²) in [5.74, 6) is -1.38. The first-order chi connectivity index (χ1) is 15.8. The molecule has 33 heavy (non-hydrogen) atoms. The number of alkyl halides is 3. The Hall–Kier alpha value is -3.92. The zero-order valence-corrected chi connectivity index (χ0v) is 17.7. The van der Waals surface area contributed by atoms with Gasteiger partial charge in [-0.1, -0.05) is 30.3 Å². The highest BCUT2D eigenvalue weighted by atomic mass is 32.1. The third kappa shape index (κ3) is 5.47. The zero-order chi connectivity index (χ0) is 23.4. The van der Waals surface area contributed by atoms with E-state index in [0.717, 1.165) is 17.7 Å². The lowest BCUT2D eigenvalue weighted by atomic mass is 10.1. The number of furan rings is 1. The lowest BCUT2D eigenvalue weighted by molar-refractivity contribution is -0.136. The van der Waals surface area contributed by atoms with Crippen molar-refractivity contribution in [2.45, 2.75) is 12.6 Å². The van der Waals surface area contributed by atoms with Crippen molar-refractivity contribution in [1.29, 1.82) is 0 Å². The molecule has 2 N–H and O–H groups in total. The molecule has 6 nitrogen and oxygen atoms in total. The first-order valence-electron chi connectivity index (χ1n) is 9.65. The molecule has 0 aliphatic carbocycles. The van der Waals surface area contributed by atoms with Gasteiger partial charge in [0.25, 0.3) is 5.91 Å². The molecule has 0 aliphatic heterocycles. The fourth-order valence-corrected chi connectivity index (χ4v) is 3.85. The second kappa shape index (κ2) is 9.29. The Morgan fingerprint density at radius 3 is 2.48 bits per heavy atom. The van der Waals surface area contributed by atoms with Crippen molar-refractivity contribution in [1.82, 2.24) is 4.98 Å². The van der Waals surface area contributed by atoms with E-state index in [0.29, 0.717) is 10.7 Å². The Bertz CT molecular complexity index is 1270. The van der Waals surface area contributed by atoms with Gasteiger partial charge in [-0.2, -0.15) is 13.2 Å². The molecule has 0 saturated carbocycles. The quantitative estimate of drug-likeness (QED) is 0.369. The smallest absolute Gasteiger partial charge is 0.418 e. The SMILES string of the molecule is O=C(Cc1csc(-c2ccccc2)n1)Nc1ccc(NC(=O)c2ccco2)cc1C(F)(F)F. The molecule has 0 atom stereocenters. The van der Waals surface area contributed by atoms with Crippen LogP contribution < -0.4 is 10.6 Å². The summed E-state index contributed by atoms with van der Waals surface area (Å²) < 4.78 is 45.8. The van der Waals surface area contributed by atoms with Crippen LogP contribution in [-0.2, 0) is 17.4 Å². The highest BCUT2D eigenvalue weighted by molar-refractivity contribution is 7.13. The number of hydrogen-bond acceptors (Lipinski definition) is 5. The molecule has 4 rings (SSSR count). The summed E-state index contributed by atoms with van der Waals surface area (Å²) in [5, 5.41) is 7.05. The summed E-state index contributed by atoms with van der Waals surface area (Å²) in [6.07, 6.45) is -3.66. The number of carbonyl (C=O) groups excluding carboxylic acids is 2. The standard InChI is InChI=1S/C23H16F3N3O3S/c24-23(25,26)17-11-15(27-21(31)19-7-4-10-32-19)8-9-18(17)29-20(30)12-16-13-33-22(28-16)14-5-2-1-3-6-14/h1-11,13H,12H2,(H,27,31)(H,29,30). The van der Waals surface area contributed by atoms with Gasteiger partial charge in [0.1, 0.15) is 5.01 Å². The highest BCUT2D eigenvalue weighted by Gasteiger charge is 2.34. The third-order valence-corrected chi connectivity index (χ3v) is 5.46. The Balaban J connectivity index is 1.48. The molecule has 2 aromatic heterocycles. The van der Waals surface area contributed by atoms with Crippen LogP contribution in [0.15, 0.2) is 76.7 Å². The Kier molecular flexibility index (Phi) is 6.27. The fraction of sp³-hybridized carbons (Fsp3) is 0.0870. The number of thiazole rings is 1. The van der Waals surface area contributed by atoms with E-state index in [-0.39, 0.29) is 17.9 Å². The number of rotatable bonds is 6. The molecular weight excluding hydrogens is 455 g/mol. The number of amides is 2. The van der Waals surface area contributed by atoms with Crippen molar-refractivity contribution in [3.63, 3.8) is 0 Å². The second-order valence-electron chi connectivity index (χ2n) is 6.92. The van der Waals surface area contributed by atoms with Gasteiger partial charge in [0.05, 0.1) is 29.6 Å². The maximum atomic E-state index is 13.6. The molecule has 0 fully saturated rings. The van der Waals surface area contributed by atoms with Crippen LogP contribution in [0.1, 0.15) is 21.8 Å². The van der Waals surface area contributed by atoms with E-state index >= 15 is 0 Å². The van der Waals surface area contributed by atoms with Gasteiger partial charge in [0.2, 0.25) is 5.91 Å². The minimum atomic E-state index is -4.75. The topological polar surface area (TPSA) is 84.2 Å². The van der Waals surface area contributed by atoms with Gasteiger partial charge in [0, 0.05) is 16.6 Å². The molecule has 0 spiro atoms. The van der Waals surface area contributed by atoms with Crippen LogP contribution in [-0.4, -0.2) is 16.8 Å². The average Bonchev–Trinajstić information content (AvgIpc) is 3.47. The van der Waals surface area contributed by atoms with Crippen LogP contribution in [0.2, 0.25) is 0 Å². The molecule has 0 bridgehead atoms. The third-order valence-electron chi connectivity index (χ3n) is 4.52. The summed E-state index contributed by atoms with van der Waals surface area (Å²) in [5.41, 5.74) is -0.250. The van der Waals surface area contributed by atoms with Gasteiger partial charge in [0.15, 0.2) is 5.76 Å². The van der Waals surface area contributed by atoms with Gasteiger partial charge in [-0.15, -0.1) is 11.3 Å². The molecular formula is C23H16F3N3O3S. The molecule has 0 unspecified atom stereocenters. The van der Waals surface area contributed by atoms with Crippen LogP contribution in [0.4, 0.5) is 24.5 Å². The van der Waals surface area contributed by atoms with Crippen molar-refractivity contribution in [3.05, 3.63) is 89.3 Å². The van der Waals surface area contributed by atoms with E-state index in [2.05, 4.69) is 15.6 Å². The number of hydrogen-bond donors (Lipinski definition) is 2. The Labute approximate surface area is 190 Å². The highest BCUT2D eigenvalue weighted by Crippen LogP contribution is 2.37. The molecule has 2 aromatic carbocycles.